The number of ether oxygens (including phenoxy) is 3. The summed E-state index contributed by atoms with van der Waals surface area (Å²) in [6.45, 7) is 6.44. The van der Waals surface area contributed by atoms with E-state index in [0.29, 0.717) is 19.3 Å². The number of unbranched alkanes of at least 4 members (excludes halogenated alkanes) is 22. The van der Waals surface area contributed by atoms with Gasteiger partial charge in [0.15, 0.2) is 6.10 Å². The molecule has 0 saturated heterocycles. The van der Waals surface area contributed by atoms with E-state index in [2.05, 4.69) is 118 Å². The van der Waals surface area contributed by atoms with Gasteiger partial charge in [0.05, 0.1) is 0 Å². The predicted octanol–water partition coefficient (Wildman–Crippen LogP) is 18.5. The molecule has 67 heavy (non-hydrogen) atoms. The van der Waals surface area contributed by atoms with Crippen LogP contribution in [0, 0.1) is 0 Å². The van der Waals surface area contributed by atoms with Crippen molar-refractivity contribution in [2.45, 2.75) is 258 Å². The van der Waals surface area contributed by atoms with Crippen molar-refractivity contribution < 1.29 is 28.6 Å². The van der Waals surface area contributed by atoms with Gasteiger partial charge in [0.25, 0.3) is 0 Å². The molecule has 0 aromatic heterocycles. The molecule has 0 bridgehead atoms. The van der Waals surface area contributed by atoms with Gasteiger partial charge in [-0.2, -0.15) is 0 Å². The molecule has 0 fully saturated rings. The molecule has 6 nitrogen and oxygen atoms in total. The average molecular weight is 931 g/mol. The maximum Gasteiger partial charge on any atom is 0.306 e. The van der Waals surface area contributed by atoms with Gasteiger partial charge in [0.2, 0.25) is 0 Å². The Morgan fingerprint density at radius 1 is 0.313 bits per heavy atom. The van der Waals surface area contributed by atoms with E-state index >= 15 is 0 Å². The summed E-state index contributed by atoms with van der Waals surface area (Å²) in [7, 11) is 0. The first-order valence-electron chi connectivity index (χ1n) is 27.7. The predicted molar refractivity (Wildman–Crippen MR) is 288 cm³/mol. The van der Waals surface area contributed by atoms with Crippen LogP contribution in [-0.4, -0.2) is 37.2 Å². The molecule has 382 valence electrons. The van der Waals surface area contributed by atoms with Crippen molar-refractivity contribution in [3.8, 4) is 0 Å². The Labute approximate surface area is 413 Å². The van der Waals surface area contributed by atoms with Gasteiger partial charge in [-0.25, -0.2) is 0 Å². The molecule has 0 heterocycles. The molecule has 6 heteroatoms. The topological polar surface area (TPSA) is 78.9 Å². The molecule has 0 N–H and O–H groups in total. The summed E-state index contributed by atoms with van der Waals surface area (Å²) in [5.41, 5.74) is 0. The second kappa shape index (κ2) is 54.9. The van der Waals surface area contributed by atoms with E-state index in [1.54, 1.807) is 0 Å². The van der Waals surface area contributed by atoms with Crippen LogP contribution in [0.15, 0.2) is 97.2 Å². The zero-order valence-corrected chi connectivity index (χ0v) is 43.6. The third-order valence-corrected chi connectivity index (χ3v) is 11.5. The van der Waals surface area contributed by atoms with Gasteiger partial charge < -0.3 is 14.2 Å². The van der Waals surface area contributed by atoms with Crippen molar-refractivity contribution in [3.05, 3.63) is 97.2 Å². The van der Waals surface area contributed by atoms with E-state index in [-0.39, 0.29) is 31.1 Å². The number of allylic oxidation sites excluding steroid dienone is 16. The summed E-state index contributed by atoms with van der Waals surface area (Å²) in [5, 5.41) is 0. The Morgan fingerprint density at radius 2 is 0.582 bits per heavy atom. The zero-order valence-electron chi connectivity index (χ0n) is 43.6. The van der Waals surface area contributed by atoms with E-state index in [0.717, 1.165) is 122 Å². The van der Waals surface area contributed by atoms with Crippen LogP contribution in [-0.2, 0) is 28.6 Å². The molecule has 0 aromatic rings. The number of hydrogen-bond donors (Lipinski definition) is 0. The van der Waals surface area contributed by atoms with Crippen LogP contribution >= 0.6 is 0 Å². The molecule has 0 saturated carbocycles. The van der Waals surface area contributed by atoms with Crippen LogP contribution in [0.2, 0.25) is 0 Å². The lowest BCUT2D eigenvalue weighted by Gasteiger charge is -2.18. The summed E-state index contributed by atoms with van der Waals surface area (Å²) >= 11 is 0. The monoisotopic (exact) mass is 931 g/mol. The molecular formula is C61H102O6. The Kier molecular flexibility index (Phi) is 51.9. The van der Waals surface area contributed by atoms with Crippen LogP contribution in [0.3, 0.4) is 0 Å². The maximum atomic E-state index is 12.8. The highest BCUT2D eigenvalue weighted by atomic mass is 16.6. The van der Waals surface area contributed by atoms with Gasteiger partial charge in [0, 0.05) is 19.3 Å². The molecule has 0 aliphatic rings. The molecule has 0 radical (unpaired) electrons. The van der Waals surface area contributed by atoms with E-state index in [1.165, 1.54) is 89.9 Å². The van der Waals surface area contributed by atoms with Crippen molar-refractivity contribution in [2.24, 2.45) is 0 Å². The quantitative estimate of drug-likeness (QED) is 0.0262. The Bertz CT molecular complexity index is 1350. The highest BCUT2D eigenvalue weighted by Gasteiger charge is 2.19. The Balaban J connectivity index is 4.48. The first-order chi connectivity index (χ1) is 33.0. The normalized spacial score (nSPS) is 12.8. The van der Waals surface area contributed by atoms with E-state index in [9.17, 15) is 14.4 Å². The van der Waals surface area contributed by atoms with Crippen LogP contribution in [0.25, 0.3) is 0 Å². The minimum Gasteiger partial charge on any atom is -0.462 e. The van der Waals surface area contributed by atoms with E-state index in [4.69, 9.17) is 14.2 Å². The molecule has 0 aliphatic heterocycles. The SMILES string of the molecule is CC/C=C\C/C=C\C/C=C\C/C=C\CCCCCCC(=O)OC[C@H](COC(=O)CCCCCC/C=C\C/C=C\C/C=C\CCCCC)OC(=O)CCCCCCCCC/C=C\CCCCCC. The minimum atomic E-state index is -0.800. The van der Waals surface area contributed by atoms with Crippen molar-refractivity contribution >= 4 is 17.9 Å². The summed E-state index contributed by atoms with van der Waals surface area (Å²) in [6.07, 6.45) is 72.4. The summed E-state index contributed by atoms with van der Waals surface area (Å²) < 4.78 is 16.8. The largest absolute Gasteiger partial charge is 0.462 e. The lowest BCUT2D eigenvalue weighted by Crippen LogP contribution is -2.30. The average Bonchev–Trinajstić information content (AvgIpc) is 3.33. The summed E-state index contributed by atoms with van der Waals surface area (Å²) in [6, 6.07) is 0. The molecular weight excluding hydrogens is 829 g/mol. The van der Waals surface area contributed by atoms with Crippen LogP contribution in [0.1, 0.15) is 252 Å². The Hall–Kier alpha value is -3.67. The van der Waals surface area contributed by atoms with Crippen LogP contribution < -0.4 is 0 Å². The highest BCUT2D eigenvalue weighted by molar-refractivity contribution is 5.71. The summed E-state index contributed by atoms with van der Waals surface area (Å²) in [4.78, 5) is 38.1. The minimum absolute atomic E-state index is 0.0995. The zero-order chi connectivity index (χ0) is 48.6. The van der Waals surface area contributed by atoms with Gasteiger partial charge >= 0.3 is 17.9 Å². The fraction of sp³-hybridized carbons (Fsp3) is 0.689. The van der Waals surface area contributed by atoms with Gasteiger partial charge in [-0.05, 0) is 122 Å². The number of carbonyl (C=O) groups excluding carboxylic acids is 3. The molecule has 0 rings (SSSR count). The highest BCUT2D eigenvalue weighted by Crippen LogP contribution is 2.14. The van der Waals surface area contributed by atoms with Crippen molar-refractivity contribution in [2.75, 3.05) is 13.2 Å². The van der Waals surface area contributed by atoms with Crippen LogP contribution in [0.5, 0.6) is 0 Å². The fourth-order valence-electron chi connectivity index (χ4n) is 7.37. The molecule has 0 aliphatic carbocycles. The van der Waals surface area contributed by atoms with Gasteiger partial charge in [-0.3, -0.25) is 14.4 Å². The van der Waals surface area contributed by atoms with Gasteiger partial charge in [0.1, 0.15) is 13.2 Å². The van der Waals surface area contributed by atoms with Crippen molar-refractivity contribution in [3.63, 3.8) is 0 Å². The third-order valence-electron chi connectivity index (χ3n) is 11.5. The maximum absolute atomic E-state index is 12.8. The first-order valence-corrected chi connectivity index (χ1v) is 27.7. The molecule has 0 aromatic carbocycles. The third kappa shape index (κ3) is 53.2. The number of esters is 3. The molecule has 0 unspecified atom stereocenters. The lowest BCUT2D eigenvalue weighted by atomic mass is 10.1. The standard InChI is InChI=1S/C61H102O6/c1-4-7-10-13-16-19-22-25-28-30-33-35-38-41-44-47-50-53-59(62)65-56-58(67-61(64)55-52-49-46-43-40-37-32-27-24-21-18-15-12-9-6-3)57-66-60(63)54-51-48-45-42-39-36-34-31-29-26-23-20-17-14-11-8-5-2/h7,10,16-17,19-21,24-26,28-29,33-36,58H,4-6,8-9,11-15,18,22-23,27,30-32,37-57H2,1-3H3/b10-7-,19-16-,20-17-,24-21-,28-25-,29-26-,35-33-,36-34-/t58-/m1/s1. The molecule has 1 atom stereocenters. The lowest BCUT2D eigenvalue weighted by molar-refractivity contribution is -0.167. The van der Waals surface area contributed by atoms with E-state index in [1.807, 2.05) is 0 Å². The van der Waals surface area contributed by atoms with E-state index < -0.39 is 6.10 Å². The smallest absolute Gasteiger partial charge is 0.306 e. The second-order valence-corrected chi connectivity index (χ2v) is 18.1. The fourth-order valence-corrected chi connectivity index (χ4v) is 7.37. The van der Waals surface area contributed by atoms with Gasteiger partial charge in [-0.15, -0.1) is 0 Å². The van der Waals surface area contributed by atoms with Crippen LogP contribution in [0.4, 0.5) is 0 Å². The van der Waals surface area contributed by atoms with Crippen molar-refractivity contribution in [1.29, 1.82) is 0 Å². The van der Waals surface area contributed by atoms with Gasteiger partial charge in [-0.1, -0.05) is 208 Å². The Morgan fingerprint density at radius 3 is 0.955 bits per heavy atom. The molecule has 0 amide bonds. The number of rotatable bonds is 49. The number of hydrogen-bond acceptors (Lipinski definition) is 6. The van der Waals surface area contributed by atoms with Crippen molar-refractivity contribution in [1.82, 2.24) is 0 Å². The molecule has 0 spiro atoms. The summed E-state index contributed by atoms with van der Waals surface area (Å²) in [5.74, 6) is -0.946. The second-order valence-electron chi connectivity index (χ2n) is 18.1. The number of carbonyl (C=O) groups is 3. The first kappa shape index (κ1) is 63.3.